The zero-order valence-electron chi connectivity index (χ0n) is 20.1. The molecule has 130 valence electrons. The Bertz CT molecular complexity index is 879. The molecule has 0 aromatic heterocycles. The number of allylic oxidation sites excluding steroid dienone is 2. The van der Waals surface area contributed by atoms with Crippen molar-refractivity contribution in [3.63, 3.8) is 0 Å². The summed E-state index contributed by atoms with van der Waals surface area (Å²) in [5, 5.41) is 23.5. The molecule has 3 saturated carbocycles. The Kier molecular flexibility index (Phi) is 2.50. The SMILES string of the molecule is [2H]C1=C2C([2H])([2H])CC3C4CC[C@@](O)(C#C)[C@@]4(CC)CCC3[C@@]2([2H])CC([2H])([2H])C1=NO. The van der Waals surface area contributed by atoms with Crippen molar-refractivity contribution in [3.05, 3.63) is 11.6 Å². The van der Waals surface area contributed by atoms with Crippen LogP contribution in [0.4, 0.5) is 0 Å². The molecule has 4 aliphatic rings. The number of terminal acetylenes is 1. The normalized spacial score (nSPS) is 60.2. The highest BCUT2D eigenvalue weighted by Crippen LogP contribution is 2.66. The first-order chi connectivity index (χ1) is 13.8. The van der Waals surface area contributed by atoms with Gasteiger partial charge in [0.25, 0.3) is 0 Å². The van der Waals surface area contributed by atoms with Gasteiger partial charge in [-0.3, -0.25) is 0 Å². The molecular formula is C21H29NO2. The van der Waals surface area contributed by atoms with E-state index in [0.29, 0.717) is 32.1 Å². The summed E-state index contributed by atoms with van der Waals surface area (Å²) in [7, 11) is 0. The minimum Gasteiger partial charge on any atom is -0.411 e. The molecule has 0 bridgehead atoms. The largest absolute Gasteiger partial charge is 0.411 e. The number of hydrogen-bond acceptors (Lipinski definition) is 3. The summed E-state index contributed by atoms with van der Waals surface area (Å²) in [6, 6.07) is -0.480. The molecule has 0 saturated heterocycles. The van der Waals surface area contributed by atoms with Gasteiger partial charge < -0.3 is 10.3 Å². The molecule has 2 N–H and O–H groups in total. The average molecular weight is 334 g/mol. The number of aliphatic hydroxyl groups is 1. The Balaban J connectivity index is 1.87. The van der Waals surface area contributed by atoms with Gasteiger partial charge in [-0.1, -0.05) is 23.6 Å². The summed E-state index contributed by atoms with van der Waals surface area (Å²) >= 11 is 0. The van der Waals surface area contributed by atoms with E-state index in [0.717, 1.165) is 0 Å². The van der Waals surface area contributed by atoms with Gasteiger partial charge in [-0.05, 0) is 87.4 Å². The maximum absolute atomic E-state index is 11.2. The molecule has 0 amide bonds. The highest BCUT2D eigenvalue weighted by molar-refractivity contribution is 5.96. The Morgan fingerprint density at radius 2 is 2.21 bits per heavy atom. The second kappa shape index (κ2) is 5.63. The fraction of sp³-hybridized carbons (Fsp3) is 0.762. The predicted molar refractivity (Wildman–Crippen MR) is 94.7 cm³/mol. The molecule has 0 heterocycles. The van der Waals surface area contributed by atoms with Gasteiger partial charge >= 0.3 is 0 Å². The molecule has 0 aromatic rings. The first-order valence-electron chi connectivity index (χ1n) is 12.0. The Morgan fingerprint density at radius 1 is 1.38 bits per heavy atom. The van der Waals surface area contributed by atoms with Crippen LogP contribution in [-0.2, 0) is 0 Å². The fourth-order valence-electron chi connectivity index (χ4n) is 6.05. The third-order valence-corrected chi connectivity index (χ3v) is 7.23. The van der Waals surface area contributed by atoms with Crippen molar-refractivity contribution in [2.24, 2.45) is 34.2 Å². The van der Waals surface area contributed by atoms with Gasteiger partial charge in [0, 0.05) is 12.3 Å². The molecule has 3 unspecified atom stereocenters. The zero-order valence-corrected chi connectivity index (χ0v) is 14.1. The lowest BCUT2D eigenvalue weighted by atomic mass is 9.49. The first-order valence-corrected chi connectivity index (χ1v) is 8.98. The Hall–Kier alpha value is -1.27. The van der Waals surface area contributed by atoms with E-state index in [4.69, 9.17) is 13.3 Å². The lowest BCUT2D eigenvalue weighted by molar-refractivity contribution is -0.0989. The van der Waals surface area contributed by atoms with E-state index in [2.05, 4.69) is 11.1 Å². The van der Waals surface area contributed by atoms with Gasteiger partial charge in [-0.2, -0.15) is 0 Å². The van der Waals surface area contributed by atoms with E-state index in [-0.39, 0.29) is 36.2 Å². The summed E-state index contributed by atoms with van der Waals surface area (Å²) in [6.07, 6.45) is 4.22. The molecule has 4 aliphatic carbocycles. The van der Waals surface area contributed by atoms with Gasteiger partial charge in [-0.25, -0.2) is 0 Å². The number of nitrogens with zero attached hydrogens (tertiary/aromatic N) is 1. The molecular weight excluding hydrogens is 298 g/mol. The van der Waals surface area contributed by atoms with Gasteiger partial charge in [0.05, 0.1) is 7.08 Å². The summed E-state index contributed by atoms with van der Waals surface area (Å²) in [6.45, 7) is 2.01. The van der Waals surface area contributed by atoms with Crippen molar-refractivity contribution in [1.29, 1.82) is 0 Å². The van der Waals surface area contributed by atoms with Crippen LogP contribution in [0.15, 0.2) is 16.8 Å². The molecule has 24 heavy (non-hydrogen) atoms. The monoisotopic (exact) mass is 333 g/mol. The van der Waals surface area contributed by atoms with Gasteiger partial charge in [-0.15, -0.1) is 6.42 Å². The molecule has 0 aromatic carbocycles. The van der Waals surface area contributed by atoms with Crippen LogP contribution in [0.1, 0.15) is 72.8 Å². The van der Waals surface area contributed by atoms with Crippen LogP contribution in [0.3, 0.4) is 0 Å². The van der Waals surface area contributed by atoms with E-state index in [1.807, 2.05) is 6.92 Å². The van der Waals surface area contributed by atoms with Crippen molar-refractivity contribution in [1.82, 2.24) is 0 Å². The molecule has 0 spiro atoms. The molecule has 4 rings (SSSR count). The van der Waals surface area contributed by atoms with Crippen LogP contribution >= 0.6 is 0 Å². The van der Waals surface area contributed by atoms with Crippen LogP contribution < -0.4 is 0 Å². The molecule has 3 heteroatoms. The van der Waals surface area contributed by atoms with E-state index in [1.165, 1.54) is 0 Å². The number of rotatable bonds is 1. The van der Waals surface area contributed by atoms with Crippen molar-refractivity contribution >= 4 is 5.71 Å². The fourth-order valence-corrected chi connectivity index (χ4v) is 6.05. The van der Waals surface area contributed by atoms with Gasteiger partial charge in [0.1, 0.15) is 5.60 Å². The smallest absolute Gasteiger partial charge is 0.131 e. The summed E-state index contributed by atoms with van der Waals surface area (Å²) in [5.74, 6) is 0.408. The highest BCUT2D eigenvalue weighted by atomic mass is 16.4. The topological polar surface area (TPSA) is 52.8 Å². The second-order valence-electron chi connectivity index (χ2n) is 7.68. The Labute approximate surface area is 153 Å². The number of hydrogen-bond donors (Lipinski definition) is 2. The van der Waals surface area contributed by atoms with Crippen LogP contribution in [0.2, 0.25) is 0 Å². The number of oxime groups is 1. The van der Waals surface area contributed by atoms with E-state index in [9.17, 15) is 11.7 Å². The molecule has 0 aliphatic heterocycles. The summed E-state index contributed by atoms with van der Waals surface area (Å²) in [5.41, 5.74) is -2.32. The molecule has 0 radical (unpaired) electrons. The minimum atomic E-state index is -2.19. The second-order valence-corrected chi connectivity index (χ2v) is 7.68. The third kappa shape index (κ3) is 1.99. The van der Waals surface area contributed by atoms with Crippen LogP contribution in [0.5, 0.6) is 0 Å². The lowest BCUT2D eigenvalue weighted by Crippen LogP contribution is -2.53. The maximum Gasteiger partial charge on any atom is 0.131 e. The minimum absolute atomic E-state index is 0.0471. The van der Waals surface area contributed by atoms with Crippen molar-refractivity contribution in [2.45, 2.75) is 70.2 Å². The van der Waals surface area contributed by atoms with Crippen molar-refractivity contribution < 1.29 is 18.5 Å². The predicted octanol–water partition coefficient (Wildman–Crippen LogP) is 4.14. The van der Waals surface area contributed by atoms with Gasteiger partial charge in [0.15, 0.2) is 0 Å². The van der Waals surface area contributed by atoms with E-state index in [1.54, 1.807) is 0 Å². The quantitative estimate of drug-likeness (QED) is 0.430. The highest BCUT2D eigenvalue weighted by Gasteiger charge is 2.63. The Morgan fingerprint density at radius 3 is 2.92 bits per heavy atom. The van der Waals surface area contributed by atoms with Crippen LogP contribution in [0, 0.1) is 41.4 Å². The van der Waals surface area contributed by atoms with Crippen LogP contribution in [0.25, 0.3) is 0 Å². The lowest BCUT2D eigenvalue weighted by Gasteiger charge is -2.56. The van der Waals surface area contributed by atoms with E-state index < -0.39 is 41.4 Å². The maximum atomic E-state index is 11.2. The zero-order chi connectivity index (χ0) is 22.3. The summed E-state index contributed by atoms with van der Waals surface area (Å²) in [4.78, 5) is 0. The van der Waals surface area contributed by atoms with Crippen molar-refractivity contribution in [3.8, 4) is 12.3 Å². The molecule has 3 fully saturated rings. The van der Waals surface area contributed by atoms with E-state index >= 15 is 0 Å². The van der Waals surface area contributed by atoms with Gasteiger partial charge in [0.2, 0.25) is 0 Å². The average Bonchev–Trinajstić information content (AvgIpc) is 2.94. The standard InChI is InChI=1S/C21H29NO2/c1-3-20-11-9-17-16-8-6-15(22-24)13-14(16)5-7-18(17)19(20)10-12-21(20,23)4-2/h2,13,16-19,23-24H,3,5-12H2,1H3/t16-,17?,18?,19?,20-,21-/m0/s1/i5D2,6D2,13D,16D. The first kappa shape index (κ1) is 10.7. The number of fused-ring (bicyclic) bond motifs is 5. The third-order valence-electron chi connectivity index (χ3n) is 7.23. The van der Waals surface area contributed by atoms with Crippen LogP contribution in [-0.4, -0.2) is 21.6 Å². The summed E-state index contributed by atoms with van der Waals surface area (Å²) < 4.78 is 51.9. The molecule has 6 atom stereocenters. The van der Waals surface area contributed by atoms with Crippen molar-refractivity contribution in [2.75, 3.05) is 0 Å². The molecule has 3 nitrogen and oxygen atoms in total.